The standard InChI is InChI=1S/C8H12N2O/c11-8-7-2-1-3-9-4-6(7)5-10-8/h2,6,9H,1,3-5H2,(H,10,11). The number of nitrogens with one attached hydrogen (secondary N) is 2. The minimum Gasteiger partial charge on any atom is -0.352 e. The summed E-state index contributed by atoms with van der Waals surface area (Å²) in [7, 11) is 0. The molecule has 0 saturated carbocycles. The Hall–Kier alpha value is -0.830. The average Bonchev–Trinajstić information content (AvgIpc) is 2.25. The van der Waals surface area contributed by atoms with Crippen molar-refractivity contribution in [2.24, 2.45) is 5.92 Å². The molecule has 0 aromatic carbocycles. The molecule has 0 aromatic rings. The second-order valence-electron chi connectivity index (χ2n) is 3.06. The van der Waals surface area contributed by atoms with E-state index in [1.54, 1.807) is 0 Å². The first-order chi connectivity index (χ1) is 5.38. The number of hydrogen-bond donors (Lipinski definition) is 2. The van der Waals surface area contributed by atoms with E-state index in [0.717, 1.165) is 31.6 Å². The van der Waals surface area contributed by atoms with Gasteiger partial charge in [-0.2, -0.15) is 0 Å². The Kier molecular flexibility index (Phi) is 1.66. The van der Waals surface area contributed by atoms with Gasteiger partial charge in [-0.25, -0.2) is 0 Å². The fourth-order valence-corrected chi connectivity index (χ4v) is 1.66. The molecule has 60 valence electrons. The number of fused-ring (bicyclic) bond motifs is 1. The molecule has 0 aliphatic carbocycles. The zero-order valence-corrected chi connectivity index (χ0v) is 6.39. The summed E-state index contributed by atoms with van der Waals surface area (Å²) in [6, 6.07) is 0. The Morgan fingerprint density at radius 1 is 1.45 bits per heavy atom. The molecule has 1 atom stereocenters. The van der Waals surface area contributed by atoms with Gasteiger partial charge >= 0.3 is 0 Å². The summed E-state index contributed by atoms with van der Waals surface area (Å²) in [6.07, 6.45) is 3.05. The Labute approximate surface area is 65.9 Å². The van der Waals surface area contributed by atoms with Gasteiger partial charge < -0.3 is 10.6 Å². The zero-order chi connectivity index (χ0) is 7.68. The average molecular weight is 152 g/mol. The lowest BCUT2D eigenvalue weighted by Gasteiger charge is -2.05. The minimum absolute atomic E-state index is 0.138. The predicted octanol–water partition coefficient (Wildman–Crippen LogP) is -0.348. The lowest BCUT2D eigenvalue weighted by Crippen LogP contribution is -2.23. The summed E-state index contributed by atoms with van der Waals surface area (Å²) in [4.78, 5) is 11.2. The Bertz CT molecular complexity index is 210. The van der Waals surface area contributed by atoms with E-state index in [4.69, 9.17) is 0 Å². The summed E-state index contributed by atoms with van der Waals surface area (Å²) >= 11 is 0. The van der Waals surface area contributed by atoms with Crippen molar-refractivity contribution in [2.75, 3.05) is 19.6 Å². The quantitative estimate of drug-likeness (QED) is 0.498. The van der Waals surface area contributed by atoms with Gasteiger partial charge in [-0.1, -0.05) is 6.08 Å². The molecule has 2 N–H and O–H groups in total. The molecule has 3 heteroatoms. The minimum atomic E-state index is 0.138. The van der Waals surface area contributed by atoms with E-state index in [2.05, 4.69) is 16.7 Å². The van der Waals surface area contributed by atoms with Gasteiger partial charge in [-0.15, -0.1) is 0 Å². The van der Waals surface area contributed by atoms with Gasteiger partial charge in [0.15, 0.2) is 0 Å². The smallest absolute Gasteiger partial charge is 0.247 e. The van der Waals surface area contributed by atoms with Crippen molar-refractivity contribution in [3.8, 4) is 0 Å². The summed E-state index contributed by atoms with van der Waals surface area (Å²) in [5.74, 6) is 0.559. The molecule has 1 amide bonds. The SMILES string of the molecule is O=C1NCC2CNCCC=C12. The number of rotatable bonds is 0. The third-order valence-corrected chi connectivity index (χ3v) is 2.29. The van der Waals surface area contributed by atoms with E-state index in [0.29, 0.717) is 5.92 Å². The molecular weight excluding hydrogens is 140 g/mol. The largest absolute Gasteiger partial charge is 0.352 e. The monoisotopic (exact) mass is 152 g/mol. The molecule has 1 unspecified atom stereocenters. The first-order valence-electron chi connectivity index (χ1n) is 4.07. The van der Waals surface area contributed by atoms with Crippen LogP contribution in [0.25, 0.3) is 0 Å². The van der Waals surface area contributed by atoms with Crippen molar-refractivity contribution in [1.29, 1.82) is 0 Å². The maximum Gasteiger partial charge on any atom is 0.247 e. The van der Waals surface area contributed by atoms with E-state index in [1.165, 1.54) is 0 Å². The van der Waals surface area contributed by atoms with Crippen LogP contribution in [0.2, 0.25) is 0 Å². The van der Waals surface area contributed by atoms with Gasteiger partial charge in [0.2, 0.25) is 5.91 Å². The normalized spacial score (nSPS) is 30.4. The Balaban J connectivity index is 2.21. The van der Waals surface area contributed by atoms with Gasteiger partial charge in [-0.3, -0.25) is 4.79 Å². The summed E-state index contributed by atoms with van der Waals surface area (Å²) in [5, 5.41) is 6.14. The molecule has 0 spiro atoms. The highest BCUT2D eigenvalue weighted by molar-refractivity contribution is 5.96. The summed E-state index contributed by atoms with van der Waals surface area (Å²) in [6.45, 7) is 2.77. The first kappa shape index (κ1) is 6.85. The molecule has 2 aliphatic heterocycles. The number of carbonyl (C=O) groups is 1. The van der Waals surface area contributed by atoms with Gasteiger partial charge in [0.25, 0.3) is 0 Å². The molecule has 1 saturated heterocycles. The maximum atomic E-state index is 11.2. The fraction of sp³-hybridized carbons (Fsp3) is 0.625. The van der Waals surface area contributed by atoms with E-state index < -0.39 is 0 Å². The van der Waals surface area contributed by atoms with Crippen molar-refractivity contribution >= 4 is 5.91 Å². The van der Waals surface area contributed by atoms with E-state index in [-0.39, 0.29) is 5.91 Å². The third-order valence-electron chi connectivity index (χ3n) is 2.29. The second kappa shape index (κ2) is 2.66. The van der Waals surface area contributed by atoms with Gasteiger partial charge in [0.1, 0.15) is 0 Å². The number of carbonyl (C=O) groups excluding carboxylic acids is 1. The first-order valence-corrected chi connectivity index (χ1v) is 4.07. The van der Waals surface area contributed by atoms with Crippen LogP contribution in [-0.4, -0.2) is 25.5 Å². The van der Waals surface area contributed by atoms with Crippen LogP contribution in [0.1, 0.15) is 6.42 Å². The molecule has 2 rings (SSSR count). The van der Waals surface area contributed by atoms with Gasteiger partial charge in [0.05, 0.1) is 0 Å². The topological polar surface area (TPSA) is 41.1 Å². The molecule has 3 nitrogen and oxygen atoms in total. The van der Waals surface area contributed by atoms with Crippen molar-refractivity contribution in [3.05, 3.63) is 11.6 Å². The van der Waals surface area contributed by atoms with E-state index >= 15 is 0 Å². The molecule has 0 bridgehead atoms. The van der Waals surface area contributed by atoms with Crippen LogP contribution in [0.4, 0.5) is 0 Å². The van der Waals surface area contributed by atoms with Crippen molar-refractivity contribution in [3.63, 3.8) is 0 Å². The summed E-state index contributed by atoms with van der Waals surface area (Å²) in [5.41, 5.74) is 0.995. The number of amides is 1. The van der Waals surface area contributed by atoms with Crippen LogP contribution >= 0.6 is 0 Å². The summed E-state index contributed by atoms with van der Waals surface area (Å²) < 4.78 is 0. The van der Waals surface area contributed by atoms with Crippen LogP contribution in [0.15, 0.2) is 11.6 Å². The molecule has 0 aromatic heterocycles. The van der Waals surface area contributed by atoms with E-state index in [1.807, 2.05) is 0 Å². The van der Waals surface area contributed by atoms with Gasteiger partial charge in [0, 0.05) is 24.6 Å². The van der Waals surface area contributed by atoms with Crippen LogP contribution in [-0.2, 0) is 4.79 Å². The van der Waals surface area contributed by atoms with Crippen molar-refractivity contribution < 1.29 is 4.79 Å². The lowest BCUT2D eigenvalue weighted by molar-refractivity contribution is -0.116. The molecular formula is C8H12N2O. The molecule has 1 fully saturated rings. The second-order valence-corrected chi connectivity index (χ2v) is 3.06. The highest BCUT2D eigenvalue weighted by atomic mass is 16.2. The van der Waals surface area contributed by atoms with Crippen LogP contribution in [0, 0.1) is 5.92 Å². The molecule has 2 aliphatic rings. The van der Waals surface area contributed by atoms with Crippen LogP contribution in [0.3, 0.4) is 0 Å². The molecule has 0 radical (unpaired) electrons. The Morgan fingerprint density at radius 3 is 3.27 bits per heavy atom. The number of hydrogen-bond acceptors (Lipinski definition) is 2. The highest BCUT2D eigenvalue weighted by Gasteiger charge is 2.28. The Morgan fingerprint density at radius 2 is 2.36 bits per heavy atom. The highest BCUT2D eigenvalue weighted by Crippen LogP contribution is 2.18. The van der Waals surface area contributed by atoms with Crippen molar-refractivity contribution in [2.45, 2.75) is 6.42 Å². The van der Waals surface area contributed by atoms with Crippen molar-refractivity contribution in [1.82, 2.24) is 10.6 Å². The fourth-order valence-electron chi connectivity index (χ4n) is 1.66. The van der Waals surface area contributed by atoms with Gasteiger partial charge in [-0.05, 0) is 13.0 Å². The molecule has 2 heterocycles. The maximum absolute atomic E-state index is 11.2. The van der Waals surface area contributed by atoms with E-state index in [9.17, 15) is 4.79 Å². The van der Waals surface area contributed by atoms with Crippen LogP contribution in [0.5, 0.6) is 0 Å². The zero-order valence-electron chi connectivity index (χ0n) is 6.39. The lowest BCUT2D eigenvalue weighted by atomic mass is 10.0. The van der Waals surface area contributed by atoms with Crippen LogP contribution < -0.4 is 10.6 Å². The molecule has 11 heavy (non-hydrogen) atoms. The third kappa shape index (κ3) is 1.16. The predicted molar refractivity (Wildman–Crippen MR) is 42.1 cm³/mol.